The van der Waals surface area contributed by atoms with Crippen LogP contribution < -0.4 is 5.32 Å². The van der Waals surface area contributed by atoms with Crippen LogP contribution in [-0.2, 0) is 4.79 Å². The average molecular weight is 406 g/mol. The molecule has 0 bridgehead atoms. The molecule has 1 atom stereocenters. The Kier molecular flexibility index (Phi) is 4.93. The van der Waals surface area contributed by atoms with E-state index in [1.165, 1.54) is 22.7 Å². The molecule has 0 aliphatic carbocycles. The molecule has 3 aromatic rings. The van der Waals surface area contributed by atoms with Crippen molar-refractivity contribution in [3.05, 3.63) is 45.6 Å². The van der Waals surface area contributed by atoms with E-state index in [0.717, 1.165) is 23.1 Å². The van der Waals surface area contributed by atoms with Crippen LogP contribution in [0.1, 0.15) is 22.5 Å². The molecule has 1 N–H and O–H groups in total. The van der Waals surface area contributed by atoms with Crippen LogP contribution in [0.25, 0.3) is 10.2 Å². The number of hydrogen-bond donors (Lipinski definition) is 1. The van der Waals surface area contributed by atoms with Crippen LogP contribution in [0.4, 0.5) is 5.13 Å². The van der Waals surface area contributed by atoms with Crippen molar-refractivity contribution < 1.29 is 9.59 Å². The number of nitrogens with zero attached hydrogens (tertiary/aromatic N) is 2. The molecule has 3 heterocycles. The summed E-state index contributed by atoms with van der Waals surface area (Å²) in [6.45, 7) is 1.14. The number of halogens is 1. The van der Waals surface area contributed by atoms with Gasteiger partial charge in [-0.05, 0) is 42.5 Å². The first kappa shape index (κ1) is 17.5. The van der Waals surface area contributed by atoms with Crippen molar-refractivity contribution in [2.24, 2.45) is 5.92 Å². The van der Waals surface area contributed by atoms with Crippen molar-refractivity contribution >= 4 is 61.4 Å². The molecule has 1 aliphatic heterocycles. The number of piperidine rings is 1. The molecular weight excluding hydrogens is 390 g/mol. The van der Waals surface area contributed by atoms with E-state index in [0.29, 0.717) is 28.1 Å². The fraction of sp³-hybridized carbons (Fsp3) is 0.278. The highest BCUT2D eigenvalue weighted by Crippen LogP contribution is 2.29. The zero-order chi connectivity index (χ0) is 18.1. The second-order valence-electron chi connectivity index (χ2n) is 6.19. The number of thiazole rings is 1. The van der Waals surface area contributed by atoms with Gasteiger partial charge < -0.3 is 10.2 Å². The van der Waals surface area contributed by atoms with Crippen molar-refractivity contribution in [3.63, 3.8) is 0 Å². The van der Waals surface area contributed by atoms with E-state index < -0.39 is 0 Å². The minimum atomic E-state index is -0.219. The SMILES string of the molecule is O=C(Nc1nc2ccc(Cl)cc2s1)C1CCCN(C(=O)c2cccs2)C1. The highest BCUT2D eigenvalue weighted by atomic mass is 35.5. The van der Waals surface area contributed by atoms with Crippen molar-refractivity contribution in [2.45, 2.75) is 12.8 Å². The molecular formula is C18H16ClN3O2S2. The number of carbonyl (C=O) groups is 2. The first-order valence-electron chi connectivity index (χ1n) is 8.30. The zero-order valence-electron chi connectivity index (χ0n) is 13.8. The second kappa shape index (κ2) is 7.34. The lowest BCUT2D eigenvalue weighted by Gasteiger charge is -2.31. The number of amides is 2. The number of hydrogen-bond acceptors (Lipinski definition) is 5. The van der Waals surface area contributed by atoms with Gasteiger partial charge in [-0.2, -0.15) is 0 Å². The van der Waals surface area contributed by atoms with Gasteiger partial charge in [0, 0.05) is 18.1 Å². The molecule has 26 heavy (non-hydrogen) atoms. The minimum Gasteiger partial charge on any atom is -0.337 e. The summed E-state index contributed by atoms with van der Waals surface area (Å²) >= 11 is 8.83. The molecule has 5 nitrogen and oxygen atoms in total. The highest BCUT2D eigenvalue weighted by Gasteiger charge is 2.29. The molecule has 1 aromatic carbocycles. The normalized spacial score (nSPS) is 17.4. The zero-order valence-corrected chi connectivity index (χ0v) is 16.2. The molecule has 0 saturated carbocycles. The van der Waals surface area contributed by atoms with Crippen LogP contribution >= 0.6 is 34.3 Å². The van der Waals surface area contributed by atoms with Crippen LogP contribution in [0.15, 0.2) is 35.7 Å². The number of rotatable bonds is 3. The summed E-state index contributed by atoms with van der Waals surface area (Å²) in [6, 6.07) is 9.15. The van der Waals surface area contributed by atoms with E-state index in [2.05, 4.69) is 10.3 Å². The third kappa shape index (κ3) is 3.60. The summed E-state index contributed by atoms with van der Waals surface area (Å²) in [5.74, 6) is -0.297. The third-order valence-electron chi connectivity index (χ3n) is 4.39. The van der Waals surface area contributed by atoms with Crippen LogP contribution in [-0.4, -0.2) is 34.8 Å². The third-order valence-corrected chi connectivity index (χ3v) is 6.42. The highest BCUT2D eigenvalue weighted by molar-refractivity contribution is 7.22. The lowest BCUT2D eigenvalue weighted by atomic mass is 9.97. The van der Waals surface area contributed by atoms with Crippen molar-refractivity contribution in [3.8, 4) is 0 Å². The maximum Gasteiger partial charge on any atom is 0.263 e. The maximum atomic E-state index is 12.7. The molecule has 1 fully saturated rings. The summed E-state index contributed by atoms with van der Waals surface area (Å²) in [5.41, 5.74) is 0.813. The lowest BCUT2D eigenvalue weighted by Crippen LogP contribution is -2.43. The predicted molar refractivity (Wildman–Crippen MR) is 106 cm³/mol. The quantitative estimate of drug-likeness (QED) is 0.697. The summed E-state index contributed by atoms with van der Waals surface area (Å²) < 4.78 is 0.936. The van der Waals surface area contributed by atoms with Crippen molar-refractivity contribution in [1.82, 2.24) is 9.88 Å². The van der Waals surface area contributed by atoms with Gasteiger partial charge in [0.15, 0.2) is 5.13 Å². The largest absolute Gasteiger partial charge is 0.337 e. The number of aromatic nitrogens is 1. The number of likely N-dealkylation sites (tertiary alicyclic amines) is 1. The number of nitrogens with one attached hydrogen (secondary N) is 1. The molecule has 1 aliphatic rings. The Bertz CT molecular complexity index is 955. The fourth-order valence-electron chi connectivity index (χ4n) is 3.09. The topological polar surface area (TPSA) is 62.3 Å². The smallest absolute Gasteiger partial charge is 0.263 e. The molecule has 134 valence electrons. The Morgan fingerprint density at radius 2 is 2.19 bits per heavy atom. The van der Waals surface area contributed by atoms with Gasteiger partial charge in [0.25, 0.3) is 5.91 Å². The van der Waals surface area contributed by atoms with E-state index in [-0.39, 0.29) is 17.7 Å². The van der Waals surface area contributed by atoms with Crippen LogP contribution in [0.5, 0.6) is 0 Å². The monoisotopic (exact) mass is 405 g/mol. The summed E-state index contributed by atoms with van der Waals surface area (Å²) in [4.78, 5) is 32.1. The molecule has 8 heteroatoms. The van der Waals surface area contributed by atoms with Gasteiger partial charge in [0.2, 0.25) is 5.91 Å². The summed E-state index contributed by atoms with van der Waals surface area (Å²) in [5, 5.41) is 6.01. The van der Waals surface area contributed by atoms with Crippen molar-refractivity contribution in [2.75, 3.05) is 18.4 Å². The first-order valence-corrected chi connectivity index (χ1v) is 10.4. The van der Waals surface area contributed by atoms with Gasteiger partial charge >= 0.3 is 0 Å². The number of carbonyl (C=O) groups excluding carboxylic acids is 2. The number of anilines is 1. The van der Waals surface area contributed by atoms with E-state index in [9.17, 15) is 9.59 Å². The molecule has 2 aromatic heterocycles. The molecule has 0 spiro atoms. The van der Waals surface area contributed by atoms with Crippen LogP contribution in [0.2, 0.25) is 5.02 Å². The van der Waals surface area contributed by atoms with E-state index >= 15 is 0 Å². The van der Waals surface area contributed by atoms with E-state index in [4.69, 9.17) is 11.6 Å². The minimum absolute atomic E-state index is 0.00660. The second-order valence-corrected chi connectivity index (χ2v) is 8.60. The van der Waals surface area contributed by atoms with Gasteiger partial charge in [-0.3, -0.25) is 9.59 Å². The van der Waals surface area contributed by atoms with Gasteiger partial charge in [-0.15, -0.1) is 11.3 Å². The van der Waals surface area contributed by atoms with Crippen LogP contribution in [0.3, 0.4) is 0 Å². The Morgan fingerprint density at radius 3 is 3.00 bits per heavy atom. The summed E-state index contributed by atoms with van der Waals surface area (Å²) in [7, 11) is 0. The lowest BCUT2D eigenvalue weighted by molar-refractivity contribution is -0.121. The van der Waals surface area contributed by atoms with E-state index in [1.54, 1.807) is 11.0 Å². The number of fused-ring (bicyclic) bond motifs is 1. The summed E-state index contributed by atoms with van der Waals surface area (Å²) in [6.07, 6.45) is 1.60. The van der Waals surface area contributed by atoms with Gasteiger partial charge in [0.05, 0.1) is 21.0 Å². The Morgan fingerprint density at radius 1 is 1.31 bits per heavy atom. The van der Waals surface area contributed by atoms with Gasteiger partial charge in [-0.1, -0.05) is 29.0 Å². The fourth-order valence-corrected chi connectivity index (χ4v) is 4.93. The standard InChI is InChI=1S/C18H16ClN3O2S2/c19-12-5-6-13-15(9-12)26-18(20-13)21-16(23)11-3-1-7-22(10-11)17(24)14-4-2-8-25-14/h2,4-6,8-9,11H,1,3,7,10H2,(H,20,21,23). The predicted octanol–water partition coefficient (Wildman–Crippen LogP) is 4.50. The Labute approximate surface area is 163 Å². The molecule has 0 radical (unpaired) electrons. The van der Waals surface area contributed by atoms with Gasteiger partial charge in [0.1, 0.15) is 0 Å². The van der Waals surface area contributed by atoms with E-state index in [1.807, 2.05) is 29.6 Å². The number of thiophene rings is 1. The first-order chi connectivity index (χ1) is 12.6. The Balaban J connectivity index is 1.44. The molecule has 1 saturated heterocycles. The molecule has 1 unspecified atom stereocenters. The van der Waals surface area contributed by atoms with Crippen LogP contribution in [0, 0.1) is 5.92 Å². The Hall–Kier alpha value is -1.96. The molecule has 2 amide bonds. The average Bonchev–Trinajstić information content (AvgIpc) is 3.30. The van der Waals surface area contributed by atoms with Crippen molar-refractivity contribution in [1.29, 1.82) is 0 Å². The maximum absolute atomic E-state index is 12.7. The number of benzene rings is 1. The van der Waals surface area contributed by atoms with Gasteiger partial charge in [-0.25, -0.2) is 4.98 Å². The molecule has 4 rings (SSSR count).